The summed E-state index contributed by atoms with van der Waals surface area (Å²) in [4.78, 5) is 4.59. The lowest BCUT2D eigenvalue weighted by atomic mass is 9.91. The summed E-state index contributed by atoms with van der Waals surface area (Å²) in [7, 11) is 1.59. The molecule has 0 radical (unpaired) electrons. The predicted octanol–water partition coefficient (Wildman–Crippen LogP) is 2.48. The first-order valence-electron chi connectivity index (χ1n) is 5.46. The molecule has 0 atom stereocenters. The van der Waals surface area contributed by atoms with E-state index in [4.69, 9.17) is 4.74 Å². The Labute approximate surface area is 97.5 Å². The van der Waals surface area contributed by atoms with E-state index in [0.717, 1.165) is 11.5 Å². The Balaban J connectivity index is 3.34. The summed E-state index contributed by atoms with van der Waals surface area (Å²) < 4.78 is 5.20. The van der Waals surface area contributed by atoms with Gasteiger partial charge in [0.2, 0.25) is 0 Å². The van der Waals surface area contributed by atoms with Crippen LogP contribution in [0.1, 0.15) is 53.1 Å². The molecule has 1 heterocycles. The highest BCUT2D eigenvalue weighted by Gasteiger charge is 2.26. The standard InChI is InChI=1S/C12H21N3O/c1-11(2,3)8-9(16-7)14-15-10(13-8)12(4,5)6/h1-7H3. The van der Waals surface area contributed by atoms with Gasteiger partial charge in [0.05, 0.1) is 7.11 Å². The van der Waals surface area contributed by atoms with Crippen molar-refractivity contribution < 1.29 is 4.74 Å². The van der Waals surface area contributed by atoms with Crippen molar-refractivity contribution in [1.82, 2.24) is 15.2 Å². The Bertz CT molecular complexity index is 375. The summed E-state index contributed by atoms with van der Waals surface area (Å²) >= 11 is 0. The molecule has 0 bridgehead atoms. The van der Waals surface area contributed by atoms with Gasteiger partial charge in [0.25, 0.3) is 5.88 Å². The minimum atomic E-state index is -0.0979. The second-order valence-electron chi connectivity index (χ2n) is 5.99. The minimum absolute atomic E-state index is 0.0959. The zero-order valence-electron chi connectivity index (χ0n) is 11.2. The maximum absolute atomic E-state index is 5.20. The number of methoxy groups -OCH3 is 1. The van der Waals surface area contributed by atoms with Crippen molar-refractivity contribution in [3.63, 3.8) is 0 Å². The van der Waals surface area contributed by atoms with Crippen molar-refractivity contribution in [3.05, 3.63) is 11.5 Å². The molecular formula is C12H21N3O. The molecular weight excluding hydrogens is 202 g/mol. The molecule has 0 amide bonds. The van der Waals surface area contributed by atoms with Crippen LogP contribution in [0.3, 0.4) is 0 Å². The van der Waals surface area contributed by atoms with Gasteiger partial charge in [0.1, 0.15) is 5.69 Å². The molecule has 1 aromatic rings. The molecule has 0 saturated carbocycles. The smallest absolute Gasteiger partial charge is 0.255 e. The molecule has 0 aromatic carbocycles. The van der Waals surface area contributed by atoms with Crippen LogP contribution in [0.2, 0.25) is 0 Å². The van der Waals surface area contributed by atoms with E-state index in [2.05, 4.69) is 56.7 Å². The molecule has 0 aliphatic heterocycles. The maximum Gasteiger partial charge on any atom is 0.255 e. The third-order valence-electron chi connectivity index (χ3n) is 2.23. The van der Waals surface area contributed by atoms with Gasteiger partial charge in [0, 0.05) is 10.8 Å². The van der Waals surface area contributed by atoms with Gasteiger partial charge in [-0.2, -0.15) is 0 Å². The predicted molar refractivity (Wildman–Crippen MR) is 63.8 cm³/mol. The van der Waals surface area contributed by atoms with E-state index in [-0.39, 0.29) is 10.8 Å². The van der Waals surface area contributed by atoms with Crippen LogP contribution in [0.5, 0.6) is 5.88 Å². The van der Waals surface area contributed by atoms with Crippen LogP contribution in [0.15, 0.2) is 0 Å². The minimum Gasteiger partial charge on any atom is -0.479 e. The third-order valence-corrected chi connectivity index (χ3v) is 2.23. The van der Waals surface area contributed by atoms with Crippen LogP contribution in [-0.4, -0.2) is 22.3 Å². The largest absolute Gasteiger partial charge is 0.479 e. The van der Waals surface area contributed by atoms with Crippen molar-refractivity contribution in [2.75, 3.05) is 7.11 Å². The molecule has 16 heavy (non-hydrogen) atoms. The average Bonchev–Trinajstić information content (AvgIpc) is 2.14. The van der Waals surface area contributed by atoms with Gasteiger partial charge >= 0.3 is 0 Å². The van der Waals surface area contributed by atoms with Crippen LogP contribution in [0, 0.1) is 0 Å². The number of aromatic nitrogens is 3. The quantitative estimate of drug-likeness (QED) is 0.734. The Morgan fingerprint density at radius 2 is 1.44 bits per heavy atom. The lowest BCUT2D eigenvalue weighted by molar-refractivity contribution is 0.360. The number of nitrogens with zero attached hydrogens (tertiary/aromatic N) is 3. The highest BCUT2D eigenvalue weighted by atomic mass is 16.5. The summed E-state index contributed by atoms with van der Waals surface area (Å²) in [6.07, 6.45) is 0. The molecule has 0 saturated heterocycles. The Kier molecular flexibility index (Phi) is 3.22. The third kappa shape index (κ3) is 2.68. The number of rotatable bonds is 1. The topological polar surface area (TPSA) is 47.9 Å². The van der Waals surface area contributed by atoms with Gasteiger partial charge < -0.3 is 4.74 Å². The maximum atomic E-state index is 5.20. The number of hydrogen-bond donors (Lipinski definition) is 0. The van der Waals surface area contributed by atoms with E-state index in [1.807, 2.05) is 0 Å². The van der Waals surface area contributed by atoms with Crippen LogP contribution < -0.4 is 4.74 Å². The Hall–Kier alpha value is -1.19. The summed E-state index contributed by atoms with van der Waals surface area (Å²) in [5, 5.41) is 8.20. The van der Waals surface area contributed by atoms with Gasteiger partial charge in [-0.25, -0.2) is 4.98 Å². The van der Waals surface area contributed by atoms with Gasteiger partial charge in [-0.3, -0.25) is 0 Å². The lowest BCUT2D eigenvalue weighted by Crippen LogP contribution is -2.23. The molecule has 90 valence electrons. The molecule has 0 aliphatic rings. The van der Waals surface area contributed by atoms with E-state index in [0.29, 0.717) is 5.88 Å². The fourth-order valence-electron chi connectivity index (χ4n) is 1.26. The van der Waals surface area contributed by atoms with E-state index >= 15 is 0 Å². The summed E-state index contributed by atoms with van der Waals surface area (Å²) in [5.74, 6) is 1.26. The molecule has 1 aromatic heterocycles. The zero-order valence-corrected chi connectivity index (χ0v) is 11.2. The average molecular weight is 223 g/mol. The second kappa shape index (κ2) is 4.00. The van der Waals surface area contributed by atoms with E-state index in [1.54, 1.807) is 7.11 Å². The normalized spacial score (nSPS) is 12.7. The first-order chi connectivity index (χ1) is 7.16. The highest BCUT2D eigenvalue weighted by Crippen LogP contribution is 2.29. The molecule has 4 heteroatoms. The van der Waals surface area contributed by atoms with Crippen molar-refractivity contribution in [2.24, 2.45) is 0 Å². The summed E-state index contributed by atoms with van der Waals surface area (Å²) in [5.41, 5.74) is 0.663. The molecule has 0 aliphatic carbocycles. The molecule has 0 fully saturated rings. The monoisotopic (exact) mass is 223 g/mol. The lowest BCUT2D eigenvalue weighted by Gasteiger charge is -2.23. The van der Waals surface area contributed by atoms with Crippen LogP contribution in [0.4, 0.5) is 0 Å². The Morgan fingerprint density at radius 3 is 1.81 bits per heavy atom. The van der Waals surface area contributed by atoms with Crippen molar-refractivity contribution in [2.45, 2.75) is 52.4 Å². The molecule has 4 nitrogen and oxygen atoms in total. The number of hydrogen-bond acceptors (Lipinski definition) is 4. The van der Waals surface area contributed by atoms with Crippen molar-refractivity contribution >= 4 is 0 Å². The fraction of sp³-hybridized carbons (Fsp3) is 0.750. The summed E-state index contributed by atoms with van der Waals surface area (Å²) in [6, 6.07) is 0. The van der Waals surface area contributed by atoms with E-state index < -0.39 is 0 Å². The second-order valence-corrected chi connectivity index (χ2v) is 5.99. The van der Waals surface area contributed by atoms with Crippen LogP contribution >= 0.6 is 0 Å². The molecule has 0 N–H and O–H groups in total. The summed E-state index contributed by atoms with van der Waals surface area (Å²) in [6.45, 7) is 12.5. The molecule has 0 spiro atoms. The fourth-order valence-corrected chi connectivity index (χ4v) is 1.26. The SMILES string of the molecule is COc1nnc(C(C)(C)C)nc1C(C)(C)C. The molecule has 1 rings (SSSR count). The van der Waals surface area contributed by atoms with Crippen LogP contribution in [0.25, 0.3) is 0 Å². The Morgan fingerprint density at radius 1 is 0.875 bits per heavy atom. The highest BCUT2D eigenvalue weighted by molar-refractivity contribution is 5.25. The van der Waals surface area contributed by atoms with Gasteiger partial charge in [-0.05, 0) is 0 Å². The van der Waals surface area contributed by atoms with Gasteiger partial charge in [-0.15, -0.1) is 10.2 Å². The van der Waals surface area contributed by atoms with E-state index in [9.17, 15) is 0 Å². The first-order valence-corrected chi connectivity index (χ1v) is 5.46. The van der Waals surface area contributed by atoms with Crippen molar-refractivity contribution in [3.8, 4) is 5.88 Å². The first kappa shape index (κ1) is 12.9. The number of ether oxygens (including phenoxy) is 1. The van der Waals surface area contributed by atoms with Gasteiger partial charge in [-0.1, -0.05) is 41.5 Å². The molecule has 0 unspecified atom stereocenters. The van der Waals surface area contributed by atoms with Gasteiger partial charge in [0.15, 0.2) is 5.82 Å². The van der Waals surface area contributed by atoms with E-state index in [1.165, 1.54) is 0 Å². The van der Waals surface area contributed by atoms with Crippen LogP contribution in [-0.2, 0) is 10.8 Å². The zero-order chi connectivity index (χ0) is 12.6. The van der Waals surface area contributed by atoms with Crippen molar-refractivity contribution in [1.29, 1.82) is 0 Å².